The van der Waals surface area contributed by atoms with Gasteiger partial charge in [0.1, 0.15) is 5.82 Å². The summed E-state index contributed by atoms with van der Waals surface area (Å²) in [4.78, 5) is 2.35. The molecule has 0 aromatic heterocycles. The standard InChI is InChI=1S/C16H17FN2/c17-15-7-5-12(6-8-15)16(9-18)19-10-13-3-1-2-4-14(13)11-19/h1-8,16H,9-11,18H2. The minimum absolute atomic E-state index is 0.146. The number of nitrogens with two attached hydrogens (primary N) is 1. The Labute approximate surface area is 112 Å². The highest BCUT2D eigenvalue weighted by Gasteiger charge is 2.25. The average Bonchev–Trinajstić information content (AvgIpc) is 2.85. The van der Waals surface area contributed by atoms with Crippen molar-refractivity contribution in [2.75, 3.05) is 6.54 Å². The first kappa shape index (κ1) is 12.3. The zero-order valence-corrected chi connectivity index (χ0v) is 10.7. The van der Waals surface area contributed by atoms with Gasteiger partial charge in [0, 0.05) is 25.7 Å². The maximum Gasteiger partial charge on any atom is 0.123 e. The zero-order valence-electron chi connectivity index (χ0n) is 10.7. The van der Waals surface area contributed by atoms with Crippen molar-refractivity contribution >= 4 is 0 Å². The monoisotopic (exact) mass is 256 g/mol. The summed E-state index contributed by atoms with van der Waals surface area (Å²) in [5.41, 5.74) is 9.73. The lowest BCUT2D eigenvalue weighted by atomic mass is 10.1. The van der Waals surface area contributed by atoms with Crippen LogP contribution in [0.1, 0.15) is 22.7 Å². The lowest BCUT2D eigenvalue weighted by Gasteiger charge is -2.26. The van der Waals surface area contributed by atoms with Crippen LogP contribution in [0.3, 0.4) is 0 Å². The first-order valence-electron chi connectivity index (χ1n) is 6.54. The fourth-order valence-electron chi connectivity index (χ4n) is 2.76. The molecule has 0 saturated carbocycles. The van der Waals surface area contributed by atoms with Crippen LogP contribution in [0.4, 0.5) is 4.39 Å². The molecule has 3 heteroatoms. The largest absolute Gasteiger partial charge is 0.329 e. The molecule has 0 spiro atoms. The molecule has 3 rings (SSSR count). The Morgan fingerprint density at radius 2 is 1.58 bits per heavy atom. The topological polar surface area (TPSA) is 29.3 Å². The molecule has 1 aliphatic heterocycles. The molecule has 2 aromatic rings. The van der Waals surface area contributed by atoms with Gasteiger partial charge < -0.3 is 5.73 Å². The summed E-state index contributed by atoms with van der Waals surface area (Å²) < 4.78 is 13.0. The van der Waals surface area contributed by atoms with E-state index in [1.165, 1.54) is 23.3 Å². The van der Waals surface area contributed by atoms with Gasteiger partial charge in [-0.1, -0.05) is 36.4 Å². The minimum Gasteiger partial charge on any atom is -0.329 e. The first-order chi connectivity index (χ1) is 9.28. The molecule has 98 valence electrons. The Morgan fingerprint density at radius 1 is 1.00 bits per heavy atom. The highest BCUT2D eigenvalue weighted by atomic mass is 19.1. The van der Waals surface area contributed by atoms with Gasteiger partial charge in [0.2, 0.25) is 0 Å². The summed E-state index contributed by atoms with van der Waals surface area (Å²) in [5, 5.41) is 0. The highest BCUT2D eigenvalue weighted by molar-refractivity contribution is 5.31. The van der Waals surface area contributed by atoms with Crippen LogP contribution in [0, 0.1) is 5.82 Å². The smallest absolute Gasteiger partial charge is 0.123 e. The van der Waals surface area contributed by atoms with E-state index < -0.39 is 0 Å². The minimum atomic E-state index is -0.204. The molecule has 1 unspecified atom stereocenters. The van der Waals surface area contributed by atoms with Crippen molar-refractivity contribution < 1.29 is 4.39 Å². The third-order valence-electron chi connectivity index (χ3n) is 3.78. The first-order valence-corrected chi connectivity index (χ1v) is 6.54. The normalized spacial score (nSPS) is 16.3. The van der Waals surface area contributed by atoms with Crippen LogP contribution < -0.4 is 5.73 Å². The second-order valence-electron chi connectivity index (χ2n) is 4.98. The number of fused-ring (bicyclic) bond motifs is 1. The Bertz CT molecular complexity index is 540. The van der Waals surface area contributed by atoms with Crippen LogP contribution in [-0.2, 0) is 13.1 Å². The van der Waals surface area contributed by atoms with Crippen molar-refractivity contribution in [2.45, 2.75) is 19.1 Å². The Kier molecular flexibility index (Phi) is 3.32. The molecule has 2 N–H and O–H groups in total. The molecule has 1 aliphatic rings. The van der Waals surface area contributed by atoms with Gasteiger partial charge in [0.15, 0.2) is 0 Å². The fraction of sp³-hybridized carbons (Fsp3) is 0.250. The number of hydrogen-bond acceptors (Lipinski definition) is 2. The number of benzene rings is 2. The number of nitrogens with zero attached hydrogens (tertiary/aromatic N) is 1. The SMILES string of the molecule is NCC(c1ccc(F)cc1)N1Cc2ccccc2C1. The van der Waals surface area contributed by atoms with E-state index in [2.05, 4.69) is 29.2 Å². The van der Waals surface area contributed by atoms with Crippen molar-refractivity contribution in [1.29, 1.82) is 0 Å². The molecule has 2 nitrogen and oxygen atoms in total. The van der Waals surface area contributed by atoms with Crippen molar-refractivity contribution in [3.63, 3.8) is 0 Å². The Hall–Kier alpha value is -1.71. The Morgan fingerprint density at radius 3 is 2.11 bits per heavy atom. The van der Waals surface area contributed by atoms with Crippen molar-refractivity contribution in [3.8, 4) is 0 Å². The number of halogens is 1. The number of hydrogen-bond donors (Lipinski definition) is 1. The summed E-state index contributed by atoms with van der Waals surface area (Å²) >= 11 is 0. The van der Waals surface area contributed by atoms with Gasteiger partial charge >= 0.3 is 0 Å². The summed E-state index contributed by atoms with van der Waals surface area (Å²) in [7, 11) is 0. The van der Waals surface area contributed by atoms with Crippen molar-refractivity contribution in [2.24, 2.45) is 5.73 Å². The summed E-state index contributed by atoms with van der Waals surface area (Å²) in [6.07, 6.45) is 0. The lowest BCUT2D eigenvalue weighted by molar-refractivity contribution is 0.205. The van der Waals surface area contributed by atoms with Gasteiger partial charge in [-0.2, -0.15) is 0 Å². The molecule has 19 heavy (non-hydrogen) atoms. The second-order valence-corrected chi connectivity index (χ2v) is 4.98. The van der Waals surface area contributed by atoms with E-state index in [1.54, 1.807) is 0 Å². The predicted molar refractivity (Wildman–Crippen MR) is 73.9 cm³/mol. The quantitative estimate of drug-likeness (QED) is 0.915. The predicted octanol–water partition coefficient (Wildman–Crippen LogP) is 2.84. The molecule has 0 aliphatic carbocycles. The van der Waals surface area contributed by atoms with Crippen LogP contribution in [0.5, 0.6) is 0 Å². The van der Waals surface area contributed by atoms with E-state index in [1.807, 2.05) is 12.1 Å². The van der Waals surface area contributed by atoms with Gasteiger partial charge in [-0.3, -0.25) is 4.90 Å². The van der Waals surface area contributed by atoms with Crippen LogP contribution in [0.25, 0.3) is 0 Å². The zero-order chi connectivity index (χ0) is 13.2. The molecule has 1 atom stereocenters. The molecule has 2 aromatic carbocycles. The average molecular weight is 256 g/mol. The maximum atomic E-state index is 13.0. The van der Waals surface area contributed by atoms with E-state index in [-0.39, 0.29) is 11.9 Å². The molecular formula is C16H17FN2. The highest BCUT2D eigenvalue weighted by Crippen LogP contribution is 2.30. The molecule has 1 heterocycles. The molecule has 0 amide bonds. The Balaban J connectivity index is 1.83. The molecule has 0 radical (unpaired) electrons. The molecular weight excluding hydrogens is 239 g/mol. The van der Waals surface area contributed by atoms with Crippen LogP contribution >= 0.6 is 0 Å². The lowest BCUT2D eigenvalue weighted by Crippen LogP contribution is -2.29. The van der Waals surface area contributed by atoms with E-state index in [0.29, 0.717) is 6.54 Å². The van der Waals surface area contributed by atoms with Gasteiger partial charge in [0.25, 0.3) is 0 Å². The van der Waals surface area contributed by atoms with E-state index >= 15 is 0 Å². The van der Waals surface area contributed by atoms with Gasteiger partial charge in [-0.05, 0) is 28.8 Å². The maximum absolute atomic E-state index is 13.0. The van der Waals surface area contributed by atoms with E-state index in [9.17, 15) is 4.39 Å². The molecule has 0 saturated heterocycles. The molecule has 0 fully saturated rings. The van der Waals surface area contributed by atoms with Crippen LogP contribution in [0.2, 0.25) is 0 Å². The van der Waals surface area contributed by atoms with Gasteiger partial charge in [-0.15, -0.1) is 0 Å². The number of rotatable bonds is 3. The van der Waals surface area contributed by atoms with Crippen LogP contribution in [0.15, 0.2) is 48.5 Å². The van der Waals surface area contributed by atoms with Crippen molar-refractivity contribution in [3.05, 3.63) is 71.0 Å². The van der Waals surface area contributed by atoms with E-state index in [4.69, 9.17) is 5.73 Å². The van der Waals surface area contributed by atoms with Crippen LogP contribution in [-0.4, -0.2) is 11.4 Å². The summed E-state index contributed by atoms with van der Waals surface area (Å²) in [6, 6.07) is 15.3. The third-order valence-corrected chi connectivity index (χ3v) is 3.78. The second kappa shape index (κ2) is 5.11. The summed E-state index contributed by atoms with van der Waals surface area (Å²) in [5.74, 6) is -0.204. The summed E-state index contributed by atoms with van der Waals surface area (Å²) in [6.45, 7) is 2.37. The van der Waals surface area contributed by atoms with Gasteiger partial charge in [0.05, 0.1) is 0 Å². The van der Waals surface area contributed by atoms with E-state index in [0.717, 1.165) is 18.7 Å². The fourth-order valence-corrected chi connectivity index (χ4v) is 2.76. The third kappa shape index (κ3) is 2.39. The van der Waals surface area contributed by atoms with Gasteiger partial charge in [-0.25, -0.2) is 4.39 Å². The van der Waals surface area contributed by atoms with Crippen molar-refractivity contribution in [1.82, 2.24) is 4.90 Å². The molecule has 0 bridgehead atoms.